The van der Waals surface area contributed by atoms with Crippen LogP contribution in [0.1, 0.15) is 21.6 Å². The summed E-state index contributed by atoms with van der Waals surface area (Å²) in [5.74, 6) is -1.06. The summed E-state index contributed by atoms with van der Waals surface area (Å²) in [6.07, 6.45) is 0.272. The largest absolute Gasteiger partial charge is 0.487 e. The van der Waals surface area contributed by atoms with Crippen molar-refractivity contribution in [3.63, 3.8) is 0 Å². The molecule has 3 N–H and O–H groups in total. The fourth-order valence-electron chi connectivity index (χ4n) is 4.41. The highest BCUT2D eigenvalue weighted by molar-refractivity contribution is 7.89. The van der Waals surface area contributed by atoms with Crippen LogP contribution in [0.25, 0.3) is 10.9 Å². The predicted molar refractivity (Wildman–Crippen MR) is 170 cm³/mol. The number of nitrogens with one attached hydrogen (secondary N) is 2. The Kier molecular flexibility index (Phi) is 9.93. The van der Waals surface area contributed by atoms with Gasteiger partial charge in [0.05, 0.1) is 21.8 Å². The molecule has 45 heavy (non-hydrogen) atoms. The summed E-state index contributed by atoms with van der Waals surface area (Å²) in [5.41, 5.74) is 2.77. The molecular weight excluding hydrogens is 618 g/mol. The number of aromatic nitrogens is 1. The maximum Gasteiger partial charge on any atom is 0.341 e. The number of carboxylic acids is 1. The van der Waals surface area contributed by atoms with Crippen LogP contribution in [0, 0.1) is 0 Å². The summed E-state index contributed by atoms with van der Waals surface area (Å²) in [4.78, 5) is 29.0. The number of ether oxygens (including phenoxy) is 2. The number of halogens is 1. The molecule has 0 unspecified atom stereocenters. The zero-order chi connectivity index (χ0) is 31.8. The van der Waals surface area contributed by atoms with E-state index in [0.717, 1.165) is 16.6 Å². The highest BCUT2D eigenvalue weighted by atomic mass is 35.5. The van der Waals surface area contributed by atoms with Crippen LogP contribution in [0.4, 0.5) is 5.69 Å². The fraction of sp³-hybridized carbons (Fsp3) is 0.121. The molecule has 4 aromatic carbocycles. The van der Waals surface area contributed by atoms with Gasteiger partial charge in [-0.2, -0.15) is 0 Å². The molecule has 0 saturated carbocycles. The quantitative estimate of drug-likeness (QED) is 0.148. The standard InChI is InChI=1S/C33H28ClN3O7S/c34-25-7-4-9-28(19-25)45(41,42)35-16-15-22-11-14-31(44-21-32(38)39)30(17-22)37-33(40)24-6-3-8-27(18-24)43-20-26-13-12-23-5-1-2-10-29(23)36-26/h1-14,17-19,35H,15-16,20-21H2,(H,37,40)(H,38,39). The molecule has 10 nitrogen and oxygen atoms in total. The monoisotopic (exact) mass is 645 g/mol. The van der Waals surface area contributed by atoms with Crippen molar-refractivity contribution in [1.82, 2.24) is 9.71 Å². The highest BCUT2D eigenvalue weighted by Gasteiger charge is 2.16. The second-order valence-electron chi connectivity index (χ2n) is 9.88. The van der Waals surface area contributed by atoms with Gasteiger partial charge in [0, 0.05) is 22.5 Å². The van der Waals surface area contributed by atoms with Crippen LogP contribution in [0.3, 0.4) is 0 Å². The van der Waals surface area contributed by atoms with Gasteiger partial charge in [-0.3, -0.25) is 4.79 Å². The second kappa shape index (κ2) is 14.2. The van der Waals surface area contributed by atoms with Crippen molar-refractivity contribution in [3.8, 4) is 11.5 Å². The first-order chi connectivity index (χ1) is 21.7. The van der Waals surface area contributed by atoms with Crippen LogP contribution in [-0.2, 0) is 27.8 Å². The molecule has 1 aromatic heterocycles. The van der Waals surface area contributed by atoms with E-state index in [4.69, 9.17) is 26.2 Å². The van der Waals surface area contributed by atoms with E-state index in [2.05, 4.69) is 15.0 Å². The van der Waals surface area contributed by atoms with E-state index < -0.39 is 28.5 Å². The van der Waals surface area contributed by atoms with Crippen LogP contribution in [0.5, 0.6) is 11.5 Å². The molecule has 230 valence electrons. The molecule has 0 aliphatic rings. The number of carbonyl (C=O) groups excluding carboxylic acids is 1. The van der Waals surface area contributed by atoms with Gasteiger partial charge in [-0.25, -0.2) is 22.9 Å². The second-order valence-corrected chi connectivity index (χ2v) is 12.1. The Hall–Kier alpha value is -4.97. The Morgan fingerprint density at radius 2 is 1.69 bits per heavy atom. The van der Waals surface area contributed by atoms with Crippen molar-refractivity contribution in [2.24, 2.45) is 0 Å². The van der Waals surface area contributed by atoms with E-state index in [9.17, 15) is 18.0 Å². The van der Waals surface area contributed by atoms with Gasteiger partial charge in [0.2, 0.25) is 10.0 Å². The van der Waals surface area contributed by atoms with Gasteiger partial charge in [0.15, 0.2) is 6.61 Å². The molecule has 0 saturated heterocycles. The van der Waals surface area contributed by atoms with Crippen molar-refractivity contribution in [2.45, 2.75) is 17.9 Å². The third-order valence-corrected chi connectivity index (χ3v) is 8.29. The predicted octanol–water partition coefficient (Wildman–Crippen LogP) is 5.70. The van der Waals surface area contributed by atoms with Gasteiger partial charge in [0.1, 0.15) is 18.1 Å². The number of hydrogen-bond acceptors (Lipinski definition) is 7. The van der Waals surface area contributed by atoms with Gasteiger partial charge in [-0.05, 0) is 72.6 Å². The molecule has 12 heteroatoms. The molecule has 0 atom stereocenters. The number of para-hydroxylation sites is 1. The van der Waals surface area contributed by atoms with E-state index in [1.165, 1.54) is 18.2 Å². The number of nitrogens with zero attached hydrogens (tertiary/aromatic N) is 1. The number of benzene rings is 4. The van der Waals surface area contributed by atoms with E-state index >= 15 is 0 Å². The summed E-state index contributed by atoms with van der Waals surface area (Å²) in [6, 6.07) is 28.9. The van der Waals surface area contributed by atoms with Gasteiger partial charge in [-0.15, -0.1) is 0 Å². The Balaban J connectivity index is 1.26. The van der Waals surface area contributed by atoms with Gasteiger partial charge in [0.25, 0.3) is 5.91 Å². The number of rotatable bonds is 13. The van der Waals surface area contributed by atoms with Gasteiger partial charge in [-0.1, -0.05) is 54.1 Å². The summed E-state index contributed by atoms with van der Waals surface area (Å²) in [7, 11) is -3.79. The van der Waals surface area contributed by atoms with Crippen molar-refractivity contribution in [2.75, 3.05) is 18.5 Å². The van der Waals surface area contributed by atoms with Crippen LogP contribution in [0.15, 0.2) is 108 Å². The van der Waals surface area contributed by atoms with Crippen LogP contribution in [0.2, 0.25) is 5.02 Å². The van der Waals surface area contributed by atoms with Crippen molar-refractivity contribution >= 4 is 50.1 Å². The first-order valence-corrected chi connectivity index (χ1v) is 15.6. The number of pyridine rings is 1. The third-order valence-electron chi connectivity index (χ3n) is 6.59. The Morgan fingerprint density at radius 3 is 2.51 bits per heavy atom. The Morgan fingerprint density at radius 1 is 0.867 bits per heavy atom. The first-order valence-electron chi connectivity index (χ1n) is 13.8. The maximum absolute atomic E-state index is 13.3. The molecule has 5 rings (SSSR count). The van der Waals surface area contributed by atoms with Crippen molar-refractivity contribution in [3.05, 3.63) is 125 Å². The SMILES string of the molecule is O=C(O)COc1ccc(CCNS(=O)(=O)c2cccc(Cl)c2)cc1NC(=O)c1cccc(OCc2ccc3ccccc3n2)c1. The molecule has 0 aliphatic heterocycles. The summed E-state index contributed by atoms with van der Waals surface area (Å²) >= 11 is 5.93. The smallest absolute Gasteiger partial charge is 0.341 e. The van der Waals surface area contributed by atoms with Crippen LogP contribution in [-0.4, -0.2) is 43.5 Å². The van der Waals surface area contributed by atoms with E-state index in [0.29, 0.717) is 21.9 Å². The summed E-state index contributed by atoms with van der Waals surface area (Å²) in [5, 5.41) is 13.2. The Labute approximate surface area is 264 Å². The van der Waals surface area contributed by atoms with Gasteiger partial charge < -0.3 is 19.9 Å². The number of aliphatic carboxylic acids is 1. The number of anilines is 1. The molecular formula is C33H28ClN3O7S. The van der Waals surface area contributed by atoms with Gasteiger partial charge >= 0.3 is 5.97 Å². The van der Waals surface area contributed by atoms with Crippen LogP contribution >= 0.6 is 11.6 Å². The Bertz CT molecular complexity index is 1970. The maximum atomic E-state index is 13.3. The van der Waals surface area contributed by atoms with Crippen molar-refractivity contribution < 1.29 is 32.6 Å². The average Bonchev–Trinajstić information content (AvgIpc) is 3.03. The molecule has 0 aliphatic carbocycles. The topological polar surface area (TPSA) is 144 Å². The van der Waals surface area contributed by atoms with E-state index in [-0.39, 0.29) is 35.9 Å². The number of amides is 1. The lowest BCUT2D eigenvalue weighted by Crippen LogP contribution is -2.26. The lowest BCUT2D eigenvalue weighted by atomic mass is 10.1. The normalized spacial score (nSPS) is 11.2. The number of carbonyl (C=O) groups is 2. The van der Waals surface area contributed by atoms with Crippen LogP contribution < -0.4 is 19.5 Å². The van der Waals surface area contributed by atoms with Crippen molar-refractivity contribution in [1.29, 1.82) is 0 Å². The fourth-order valence-corrected chi connectivity index (χ4v) is 5.74. The molecule has 1 heterocycles. The summed E-state index contributed by atoms with van der Waals surface area (Å²) < 4.78 is 39.1. The molecule has 0 fully saturated rings. The number of carboxylic acid groups (broad SMARTS) is 1. The average molecular weight is 646 g/mol. The number of fused-ring (bicyclic) bond motifs is 1. The third kappa shape index (κ3) is 8.57. The minimum atomic E-state index is -3.79. The molecule has 0 bridgehead atoms. The zero-order valence-electron chi connectivity index (χ0n) is 23.8. The number of sulfonamides is 1. The minimum Gasteiger partial charge on any atom is -0.487 e. The summed E-state index contributed by atoms with van der Waals surface area (Å²) in [6.45, 7) is -0.358. The molecule has 5 aromatic rings. The molecule has 0 spiro atoms. The zero-order valence-corrected chi connectivity index (χ0v) is 25.3. The highest BCUT2D eigenvalue weighted by Crippen LogP contribution is 2.28. The number of hydrogen-bond donors (Lipinski definition) is 3. The lowest BCUT2D eigenvalue weighted by molar-refractivity contribution is -0.139. The first kappa shape index (κ1) is 31.5. The minimum absolute atomic E-state index is 0.0418. The molecule has 1 amide bonds. The molecule has 0 radical (unpaired) electrons. The van der Waals surface area contributed by atoms with E-state index in [1.54, 1.807) is 48.5 Å². The van der Waals surface area contributed by atoms with E-state index in [1.807, 2.05) is 36.4 Å². The lowest BCUT2D eigenvalue weighted by Gasteiger charge is -2.14.